The Hall–Kier alpha value is -4.00. The monoisotopic (exact) mass is 451 g/mol. The van der Waals surface area contributed by atoms with Crippen LogP contribution in [0.5, 0.6) is 5.75 Å². The highest BCUT2D eigenvalue weighted by molar-refractivity contribution is 6.06. The summed E-state index contributed by atoms with van der Waals surface area (Å²) in [4.78, 5) is 12.5. The first-order valence-electron chi connectivity index (χ1n) is 10.1. The van der Waals surface area contributed by atoms with Crippen molar-refractivity contribution in [2.75, 3.05) is 12.4 Å². The molecular weight excluding hydrogens is 431 g/mol. The minimum Gasteiger partial charge on any atom is -0.496 e. The third-order valence-corrected chi connectivity index (χ3v) is 5.36. The lowest BCUT2D eigenvalue weighted by molar-refractivity contribution is -0.111. The number of fused-ring (bicyclic) bond motifs is 1. The zero-order valence-corrected chi connectivity index (χ0v) is 18.1. The van der Waals surface area contributed by atoms with E-state index >= 15 is 0 Å². The molecule has 0 atom stereocenters. The summed E-state index contributed by atoms with van der Waals surface area (Å²) in [6.07, 6.45) is 2.95. The standard InChI is InChI=1S/C26H20F3NO3/c1-14(10-24(31)30-18-8-9-22(28)23(29)11-18)19-12-20-21(16-4-6-17(27)7-5-16)13-33-26(20)15(2)25(19)32-3/h4-13H,1-3H3,(H,30,31)/b14-10+. The lowest BCUT2D eigenvalue weighted by atomic mass is 9.96. The van der Waals surface area contributed by atoms with Crippen molar-refractivity contribution in [3.63, 3.8) is 0 Å². The Morgan fingerprint density at radius 3 is 2.42 bits per heavy atom. The van der Waals surface area contributed by atoms with Crippen LogP contribution in [-0.2, 0) is 4.79 Å². The molecule has 0 saturated carbocycles. The lowest BCUT2D eigenvalue weighted by Crippen LogP contribution is -2.09. The molecule has 4 nitrogen and oxygen atoms in total. The van der Waals surface area contributed by atoms with Gasteiger partial charge in [0.1, 0.15) is 17.1 Å². The van der Waals surface area contributed by atoms with E-state index in [2.05, 4.69) is 5.32 Å². The average molecular weight is 451 g/mol. The summed E-state index contributed by atoms with van der Waals surface area (Å²) in [6, 6.07) is 11.0. The fourth-order valence-corrected chi connectivity index (χ4v) is 3.75. The Balaban J connectivity index is 1.74. The number of allylic oxidation sites excluding steroid dienone is 1. The van der Waals surface area contributed by atoms with Gasteiger partial charge >= 0.3 is 0 Å². The highest BCUT2D eigenvalue weighted by Gasteiger charge is 2.19. The highest BCUT2D eigenvalue weighted by Crippen LogP contribution is 2.40. The number of methoxy groups -OCH3 is 1. The maximum Gasteiger partial charge on any atom is 0.248 e. The number of hydrogen-bond donors (Lipinski definition) is 1. The Bertz CT molecular complexity index is 1390. The predicted molar refractivity (Wildman–Crippen MR) is 122 cm³/mol. The molecule has 0 fully saturated rings. The second kappa shape index (κ2) is 8.86. The van der Waals surface area contributed by atoms with Crippen LogP contribution < -0.4 is 10.1 Å². The molecule has 0 bridgehead atoms. The van der Waals surface area contributed by atoms with Crippen LogP contribution in [0.25, 0.3) is 27.7 Å². The van der Waals surface area contributed by atoms with E-state index in [1.807, 2.05) is 13.0 Å². The molecule has 0 spiro atoms. The second-order valence-electron chi connectivity index (χ2n) is 7.56. The number of ether oxygens (including phenoxy) is 1. The molecule has 7 heteroatoms. The summed E-state index contributed by atoms with van der Waals surface area (Å²) in [5.74, 6) is -2.35. The molecule has 0 radical (unpaired) electrons. The molecule has 1 N–H and O–H groups in total. The SMILES string of the molecule is COc1c(/C(C)=C/C(=O)Nc2ccc(F)c(F)c2)cc2c(-c3ccc(F)cc3)coc2c1C. The number of amides is 1. The topological polar surface area (TPSA) is 51.5 Å². The summed E-state index contributed by atoms with van der Waals surface area (Å²) in [5.41, 5.74) is 4.30. The zero-order chi connectivity index (χ0) is 23.7. The van der Waals surface area contributed by atoms with E-state index in [0.717, 1.165) is 34.2 Å². The molecule has 0 saturated heterocycles. The fourth-order valence-electron chi connectivity index (χ4n) is 3.75. The molecule has 0 unspecified atom stereocenters. The summed E-state index contributed by atoms with van der Waals surface area (Å²) in [7, 11) is 1.52. The second-order valence-corrected chi connectivity index (χ2v) is 7.56. The molecule has 168 valence electrons. The maximum atomic E-state index is 13.4. The molecule has 1 heterocycles. The smallest absolute Gasteiger partial charge is 0.248 e. The van der Waals surface area contributed by atoms with E-state index in [1.54, 1.807) is 25.3 Å². The van der Waals surface area contributed by atoms with Gasteiger partial charge in [0.25, 0.3) is 0 Å². The number of carbonyl (C=O) groups is 1. The first kappa shape index (κ1) is 22.2. The largest absolute Gasteiger partial charge is 0.496 e. The van der Waals surface area contributed by atoms with Crippen LogP contribution in [0, 0.1) is 24.4 Å². The minimum absolute atomic E-state index is 0.134. The van der Waals surface area contributed by atoms with Gasteiger partial charge in [-0.1, -0.05) is 12.1 Å². The summed E-state index contributed by atoms with van der Waals surface area (Å²) in [5, 5.41) is 3.30. The summed E-state index contributed by atoms with van der Waals surface area (Å²) >= 11 is 0. The number of halogens is 3. The van der Waals surface area contributed by atoms with Gasteiger partial charge in [-0.2, -0.15) is 0 Å². The van der Waals surface area contributed by atoms with Crippen molar-refractivity contribution in [3.05, 3.63) is 89.4 Å². The first-order chi connectivity index (χ1) is 15.8. The van der Waals surface area contributed by atoms with E-state index < -0.39 is 17.5 Å². The van der Waals surface area contributed by atoms with Gasteiger partial charge in [-0.05, 0) is 55.3 Å². The van der Waals surface area contributed by atoms with Gasteiger partial charge in [0, 0.05) is 39.9 Å². The van der Waals surface area contributed by atoms with Gasteiger partial charge in [0.05, 0.1) is 13.4 Å². The van der Waals surface area contributed by atoms with E-state index in [1.165, 1.54) is 31.4 Å². The number of rotatable bonds is 5. The Labute approximate surface area is 188 Å². The number of aryl methyl sites for hydroxylation is 1. The molecule has 33 heavy (non-hydrogen) atoms. The van der Waals surface area contributed by atoms with E-state index in [0.29, 0.717) is 22.5 Å². The van der Waals surface area contributed by atoms with Crippen LogP contribution in [0.2, 0.25) is 0 Å². The molecule has 0 aliphatic carbocycles. The normalized spacial score (nSPS) is 11.6. The van der Waals surface area contributed by atoms with Gasteiger partial charge in [-0.25, -0.2) is 13.2 Å². The minimum atomic E-state index is -1.05. The van der Waals surface area contributed by atoms with Crippen LogP contribution >= 0.6 is 0 Å². The Kier molecular flexibility index (Phi) is 5.96. The molecule has 3 aromatic carbocycles. The van der Waals surface area contributed by atoms with Gasteiger partial charge in [0.15, 0.2) is 11.6 Å². The molecule has 1 aromatic heterocycles. The molecule has 4 rings (SSSR count). The molecule has 0 aliphatic heterocycles. The number of anilines is 1. The lowest BCUT2D eigenvalue weighted by Gasteiger charge is -2.13. The average Bonchev–Trinajstić information content (AvgIpc) is 3.21. The van der Waals surface area contributed by atoms with Crippen LogP contribution in [0.1, 0.15) is 18.1 Å². The van der Waals surface area contributed by atoms with Gasteiger partial charge < -0.3 is 14.5 Å². The number of hydrogen-bond acceptors (Lipinski definition) is 3. The van der Waals surface area contributed by atoms with Crippen LogP contribution in [0.3, 0.4) is 0 Å². The molecular formula is C26H20F3NO3. The Morgan fingerprint density at radius 2 is 1.76 bits per heavy atom. The van der Waals surface area contributed by atoms with Gasteiger partial charge in [0.2, 0.25) is 5.91 Å². The van der Waals surface area contributed by atoms with Crippen molar-refractivity contribution in [2.24, 2.45) is 0 Å². The van der Waals surface area contributed by atoms with Crippen molar-refractivity contribution in [3.8, 4) is 16.9 Å². The van der Waals surface area contributed by atoms with Crippen molar-refractivity contribution >= 4 is 28.1 Å². The molecule has 0 aliphatic rings. The first-order valence-corrected chi connectivity index (χ1v) is 10.1. The fraction of sp³-hybridized carbons (Fsp3) is 0.115. The quantitative estimate of drug-likeness (QED) is 0.337. The predicted octanol–water partition coefficient (Wildman–Crippen LogP) is 6.88. The van der Waals surface area contributed by atoms with Crippen LogP contribution in [0.15, 0.2) is 65.3 Å². The van der Waals surface area contributed by atoms with Crippen molar-refractivity contribution in [1.29, 1.82) is 0 Å². The number of carbonyl (C=O) groups excluding carboxylic acids is 1. The van der Waals surface area contributed by atoms with Crippen molar-refractivity contribution < 1.29 is 27.1 Å². The molecule has 1 amide bonds. The number of furan rings is 1. The highest BCUT2D eigenvalue weighted by atomic mass is 19.2. The van der Waals surface area contributed by atoms with Crippen LogP contribution in [0.4, 0.5) is 18.9 Å². The van der Waals surface area contributed by atoms with Gasteiger partial charge in [-0.3, -0.25) is 4.79 Å². The number of nitrogens with one attached hydrogen (secondary N) is 1. The van der Waals surface area contributed by atoms with E-state index in [9.17, 15) is 18.0 Å². The zero-order valence-electron chi connectivity index (χ0n) is 18.1. The number of benzene rings is 3. The van der Waals surface area contributed by atoms with Crippen molar-refractivity contribution in [1.82, 2.24) is 0 Å². The van der Waals surface area contributed by atoms with Crippen molar-refractivity contribution in [2.45, 2.75) is 13.8 Å². The summed E-state index contributed by atoms with van der Waals surface area (Å²) < 4.78 is 51.3. The third-order valence-electron chi connectivity index (χ3n) is 5.36. The van der Waals surface area contributed by atoms with Gasteiger partial charge in [-0.15, -0.1) is 0 Å². The third kappa shape index (κ3) is 4.35. The maximum absolute atomic E-state index is 13.4. The molecule has 4 aromatic rings. The van der Waals surface area contributed by atoms with Crippen LogP contribution in [-0.4, -0.2) is 13.0 Å². The Morgan fingerprint density at radius 1 is 1.03 bits per heavy atom. The van der Waals surface area contributed by atoms with E-state index in [-0.39, 0.29) is 11.5 Å². The van der Waals surface area contributed by atoms with E-state index in [4.69, 9.17) is 9.15 Å². The summed E-state index contributed by atoms with van der Waals surface area (Å²) in [6.45, 7) is 3.59.